The molecular formula is C8H13N3O2. The number of nitrogens with two attached hydrogens (primary N) is 1. The van der Waals surface area contributed by atoms with Gasteiger partial charge < -0.3 is 10.5 Å². The van der Waals surface area contributed by atoms with Crippen molar-refractivity contribution in [3.63, 3.8) is 0 Å². The number of esters is 1. The van der Waals surface area contributed by atoms with Crippen LogP contribution >= 0.6 is 0 Å². The van der Waals surface area contributed by atoms with E-state index in [2.05, 4.69) is 9.84 Å². The molecule has 0 amide bonds. The molecule has 0 aliphatic heterocycles. The Hall–Kier alpha value is -1.36. The van der Waals surface area contributed by atoms with Crippen molar-refractivity contribution in [1.82, 2.24) is 9.78 Å². The first-order chi connectivity index (χ1) is 6.19. The molecule has 0 aliphatic carbocycles. The summed E-state index contributed by atoms with van der Waals surface area (Å²) >= 11 is 0. The Morgan fingerprint density at radius 2 is 2.46 bits per heavy atom. The number of carbonyl (C=O) groups excluding carboxylic acids is 1. The van der Waals surface area contributed by atoms with Crippen molar-refractivity contribution in [3.05, 3.63) is 17.5 Å². The van der Waals surface area contributed by atoms with Crippen LogP contribution < -0.4 is 5.73 Å². The van der Waals surface area contributed by atoms with E-state index in [9.17, 15) is 4.79 Å². The van der Waals surface area contributed by atoms with Crippen molar-refractivity contribution in [2.75, 3.05) is 13.7 Å². The number of hydrogen-bond acceptors (Lipinski definition) is 4. The van der Waals surface area contributed by atoms with Gasteiger partial charge in [0.2, 0.25) is 0 Å². The third-order valence-electron chi connectivity index (χ3n) is 1.77. The molecule has 0 aromatic carbocycles. The minimum Gasteiger partial charge on any atom is -0.464 e. The van der Waals surface area contributed by atoms with E-state index >= 15 is 0 Å². The molecular weight excluding hydrogens is 170 g/mol. The van der Waals surface area contributed by atoms with E-state index in [-0.39, 0.29) is 0 Å². The van der Waals surface area contributed by atoms with E-state index in [1.54, 1.807) is 17.8 Å². The number of rotatable bonds is 3. The highest BCUT2D eigenvalue weighted by Crippen LogP contribution is 2.04. The Kier molecular flexibility index (Phi) is 3.02. The first kappa shape index (κ1) is 9.73. The number of aromatic nitrogens is 2. The fourth-order valence-corrected chi connectivity index (χ4v) is 1.09. The normalized spacial score (nSPS) is 10.1. The summed E-state index contributed by atoms with van der Waals surface area (Å²) < 4.78 is 6.17. The van der Waals surface area contributed by atoms with Gasteiger partial charge in [-0.25, -0.2) is 4.79 Å². The predicted octanol–water partition coefficient (Wildman–Crippen LogP) is -0.292. The van der Waals surface area contributed by atoms with Crippen LogP contribution in [0.15, 0.2) is 6.07 Å². The molecule has 5 nitrogen and oxygen atoms in total. The van der Waals surface area contributed by atoms with Crippen molar-refractivity contribution in [3.8, 4) is 0 Å². The van der Waals surface area contributed by atoms with Crippen LogP contribution in [0.3, 0.4) is 0 Å². The fourth-order valence-electron chi connectivity index (χ4n) is 1.09. The van der Waals surface area contributed by atoms with Crippen molar-refractivity contribution in [1.29, 1.82) is 0 Å². The molecule has 0 bridgehead atoms. The molecule has 1 aromatic rings. The van der Waals surface area contributed by atoms with Crippen LogP contribution in [-0.2, 0) is 18.2 Å². The Morgan fingerprint density at radius 1 is 1.77 bits per heavy atom. The summed E-state index contributed by atoms with van der Waals surface area (Å²) in [4.78, 5) is 11.1. The summed E-state index contributed by atoms with van der Waals surface area (Å²) in [7, 11) is 3.11. The Bertz CT molecular complexity index is 306. The lowest BCUT2D eigenvalue weighted by atomic mass is 10.3. The zero-order valence-corrected chi connectivity index (χ0v) is 7.78. The number of nitrogens with zero attached hydrogens (tertiary/aromatic N) is 2. The molecule has 0 unspecified atom stereocenters. The topological polar surface area (TPSA) is 70.1 Å². The molecule has 13 heavy (non-hydrogen) atoms. The second kappa shape index (κ2) is 4.04. The lowest BCUT2D eigenvalue weighted by molar-refractivity contribution is 0.0593. The number of hydrogen-bond donors (Lipinski definition) is 1. The summed E-state index contributed by atoms with van der Waals surface area (Å²) in [5.41, 5.74) is 6.65. The Balaban J connectivity index is 2.88. The maximum atomic E-state index is 11.1. The van der Waals surface area contributed by atoms with E-state index in [4.69, 9.17) is 5.73 Å². The summed E-state index contributed by atoms with van der Waals surface area (Å²) in [5, 5.41) is 3.99. The SMILES string of the molecule is COC(=O)c1cc(CCN)n(C)n1. The highest BCUT2D eigenvalue weighted by molar-refractivity contribution is 5.87. The second-order valence-electron chi connectivity index (χ2n) is 2.67. The van der Waals surface area contributed by atoms with Gasteiger partial charge in [-0.1, -0.05) is 0 Å². The summed E-state index contributed by atoms with van der Waals surface area (Å²) in [5.74, 6) is -0.418. The van der Waals surface area contributed by atoms with Crippen molar-refractivity contribution in [2.24, 2.45) is 12.8 Å². The molecule has 0 fully saturated rings. The third kappa shape index (κ3) is 2.06. The minimum atomic E-state index is -0.418. The smallest absolute Gasteiger partial charge is 0.358 e. The van der Waals surface area contributed by atoms with Gasteiger partial charge in [0.05, 0.1) is 7.11 Å². The molecule has 72 valence electrons. The molecule has 5 heteroatoms. The fraction of sp³-hybridized carbons (Fsp3) is 0.500. The van der Waals surface area contributed by atoms with Crippen LogP contribution in [0.25, 0.3) is 0 Å². The lowest BCUT2D eigenvalue weighted by Gasteiger charge is -1.96. The molecule has 0 spiro atoms. The molecule has 1 aromatic heterocycles. The molecule has 0 radical (unpaired) electrons. The monoisotopic (exact) mass is 183 g/mol. The van der Waals surface area contributed by atoms with Gasteiger partial charge in [-0.05, 0) is 12.6 Å². The largest absolute Gasteiger partial charge is 0.464 e. The summed E-state index contributed by atoms with van der Waals surface area (Å²) in [6.07, 6.45) is 0.709. The Labute approximate surface area is 76.5 Å². The van der Waals surface area contributed by atoms with Crippen LogP contribution in [0.1, 0.15) is 16.2 Å². The highest BCUT2D eigenvalue weighted by Gasteiger charge is 2.11. The van der Waals surface area contributed by atoms with Crippen molar-refractivity contribution < 1.29 is 9.53 Å². The first-order valence-electron chi connectivity index (χ1n) is 4.00. The van der Waals surface area contributed by atoms with Gasteiger partial charge in [-0.15, -0.1) is 0 Å². The maximum absolute atomic E-state index is 11.1. The number of ether oxygens (including phenoxy) is 1. The number of aryl methyl sites for hydroxylation is 1. The zero-order valence-electron chi connectivity index (χ0n) is 7.78. The van der Waals surface area contributed by atoms with Crippen LogP contribution in [0.5, 0.6) is 0 Å². The van der Waals surface area contributed by atoms with Crippen LogP contribution in [0, 0.1) is 0 Å². The number of methoxy groups -OCH3 is 1. The Morgan fingerprint density at radius 3 is 3.00 bits per heavy atom. The molecule has 0 saturated heterocycles. The maximum Gasteiger partial charge on any atom is 0.358 e. The quantitative estimate of drug-likeness (QED) is 0.653. The van der Waals surface area contributed by atoms with E-state index in [0.717, 1.165) is 5.69 Å². The molecule has 1 heterocycles. The average Bonchev–Trinajstić information content (AvgIpc) is 2.47. The van der Waals surface area contributed by atoms with Gasteiger partial charge in [0.15, 0.2) is 5.69 Å². The molecule has 1 rings (SSSR count). The van der Waals surface area contributed by atoms with Crippen molar-refractivity contribution in [2.45, 2.75) is 6.42 Å². The molecule has 0 aliphatic rings. The predicted molar refractivity (Wildman–Crippen MR) is 47.3 cm³/mol. The molecule has 0 atom stereocenters. The van der Waals surface area contributed by atoms with Crippen LogP contribution in [0.4, 0.5) is 0 Å². The zero-order chi connectivity index (χ0) is 9.84. The van der Waals surface area contributed by atoms with E-state index in [1.165, 1.54) is 7.11 Å². The minimum absolute atomic E-state index is 0.327. The summed E-state index contributed by atoms with van der Waals surface area (Å²) in [6.45, 7) is 0.542. The van der Waals surface area contributed by atoms with Crippen LogP contribution in [0.2, 0.25) is 0 Å². The van der Waals surface area contributed by atoms with Gasteiger partial charge in [-0.2, -0.15) is 5.10 Å². The van der Waals surface area contributed by atoms with Gasteiger partial charge in [0.25, 0.3) is 0 Å². The summed E-state index contributed by atoms with van der Waals surface area (Å²) in [6, 6.07) is 1.69. The van der Waals surface area contributed by atoms with E-state index in [1.807, 2.05) is 0 Å². The van der Waals surface area contributed by atoms with Gasteiger partial charge in [-0.3, -0.25) is 4.68 Å². The third-order valence-corrected chi connectivity index (χ3v) is 1.77. The molecule has 0 saturated carbocycles. The van der Waals surface area contributed by atoms with Gasteiger partial charge >= 0.3 is 5.97 Å². The standard InChI is InChI=1S/C8H13N3O2/c1-11-6(3-4-9)5-7(10-11)8(12)13-2/h5H,3-4,9H2,1-2H3. The lowest BCUT2D eigenvalue weighted by Crippen LogP contribution is -2.07. The first-order valence-corrected chi connectivity index (χ1v) is 4.00. The van der Waals surface area contributed by atoms with Crippen molar-refractivity contribution >= 4 is 5.97 Å². The van der Waals surface area contributed by atoms with E-state index in [0.29, 0.717) is 18.7 Å². The van der Waals surface area contributed by atoms with Crippen LogP contribution in [-0.4, -0.2) is 29.4 Å². The molecule has 2 N–H and O–H groups in total. The number of carbonyl (C=O) groups is 1. The van der Waals surface area contributed by atoms with E-state index < -0.39 is 5.97 Å². The average molecular weight is 183 g/mol. The van der Waals surface area contributed by atoms with Gasteiger partial charge in [0.1, 0.15) is 0 Å². The highest BCUT2D eigenvalue weighted by atomic mass is 16.5. The second-order valence-corrected chi connectivity index (χ2v) is 2.67. The van der Waals surface area contributed by atoms with Gasteiger partial charge in [0, 0.05) is 19.2 Å².